The maximum atomic E-state index is 10.6. The van der Waals surface area contributed by atoms with Crippen LogP contribution in [-0.4, -0.2) is 5.78 Å². The van der Waals surface area contributed by atoms with Crippen molar-refractivity contribution >= 4 is 5.78 Å². The standard InChI is InChI=1S/C8H8O.2CH3.V.W/c1-7(9)8-5-3-2-4-6-8;;;;/h2-6H,1H3;2*1H3;;/q;2*-1;;. The maximum absolute atomic E-state index is 10.6. The predicted octanol–water partition coefficient (Wildman–Crippen LogP) is 2.78. The first-order chi connectivity index (χ1) is 4.30. The minimum absolute atomic E-state index is 0. The second-order valence-corrected chi connectivity index (χ2v) is 1.92. The molecule has 1 rings (SSSR count). The predicted molar refractivity (Wildman–Crippen MR) is 49.3 cm³/mol. The van der Waals surface area contributed by atoms with Crippen LogP contribution in [0.15, 0.2) is 30.3 Å². The van der Waals surface area contributed by atoms with Gasteiger partial charge in [0.1, 0.15) is 0 Å². The average molecular weight is 385 g/mol. The summed E-state index contributed by atoms with van der Waals surface area (Å²) in [5.41, 5.74) is 0.775. The second kappa shape index (κ2) is 12.2. The summed E-state index contributed by atoms with van der Waals surface area (Å²) in [5, 5.41) is 0. The van der Waals surface area contributed by atoms with Crippen LogP contribution >= 0.6 is 0 Å². The molecule has 0 amide bonds. The van der Waals surface area contributed by atoms with Gasteiger partial charge in [-0.1, -0.05) is 30.3 Å². The molecule has 0 heterocycles. The Kier molecular flexibility index (Phi) is 21.7. The summed E-state index contributed by atoms with van der Waals surface area (Å²) in [5.74, 6) is 0.121. The molecule has 3 heteroatoms. The summed E-state index contributed by atoms with van der Waals surface area (Å²) in [7, 11) is 0. The number of carbonyl (C=O) groups is 1. The number of benzene rings is 1. The first-order valence-electron chi connectivity index (χ1n) is 2.86. The van der Waals surface area contributed by atoms with Gasteiger partial charge in [0.05, 0.1) is 0 Å². The fraction of sp³-hybridized carbons (Fsp3) is 0.100. The molecule has 0 spiro atoms. The van der Waals surface area contributed by atoms with E-state index in [-0.39, 0.29) is 60.3 Å². The summed E-state index contributed by atoms with van der Waals surface area (Å²) in [6, 6.07) is 9.23. The molecule has 0 aromatic heterocycles. The van der Waals surface area contributed by atoms with Crippen LogP contribution in [0, 0.1) is 14.9 Å². The molecule has 0 aliphatic rings. The van der Waals surface area contributed by atoms with Crippen molar-refractivity contribution in [2.45, 2.75) is 6.92 Å². The molecule has 0 saturated heterocycles. The molecule has 0 bridgehead atoms. The summed E-state index contributed by atoms with van der Waals surface area (Å²) in [6.45, 7) is 1.56. The zero-order valence-corrected chi connectivity index (χ0v) is 12.5. The van der Waals surface area contributed by atoms with E-state index < -0.39 is 0 Å². The van der Waals surface area contributed by atoms with Crippen molar-refractivity contribution in [3.63, 3.8) is 0 Å². The fourth-order valence-corrected chi connectivity index (χ4v) is 0.673. The van der Waals surface area contributed by atoms with Crippen LogP contribution in [-0.2, 0) is 39.6 Å². The SMILES string of the molecule is CC(=O)c1ccccc1.[CH3-].[CH3-].[V].[W]. The van der Waals surface area contributed by atoms with Crippen LogP contribution in [0.4, 0.5) is 0 Å². The monoisotopic (exact) mass is 385 g/mol. The van der Waals surface area contributed by atoms with Crippen LogP contribution in [0.1, 0.15) is 17.3 Å². The molecule has 0 aliphatic heterocycles. The van der Waals surface area contributed by atoms with Gasteiger partial charge in [0.2, 0.25) is 0 Å². The molecular weight excluding hydrogens is 371 g/mol. The molecule has 1 aromatic carbocycles. The number of rotatable bonds is 1. The van der Waals surface area contributed by atoms with Gasteiger partial charge >= 0.3 is 0 Å². The Morgan fingerprint density at radius 3 is 1.69 bits per heavy atom. The quantitative estimate of drug-likeness (QED) is 0.537. The molecule has 0 aliphatic carbocycles. The van der Waals surface area contributed by atoms with Crippen molar-refractivity contribution < 1.29 is 44.4 Å². The first-order valence-corrected chi connectivity index (χ1v) is 2.86. The van der Waals surface area contributed by atoms with Crippen molar-refractivity contribution in [1.82, 2.24) is 0 Å². The molecule has 13 heavy (non-hydrogen) atoms. The zero-order chi connectivity index (χ0) is 6.69. The minimum atomic E-state index is 0. The van der Waals surface area contributed by atoms with E-state index in [1.165, 1.54) is 0 Å². The number of carbonyl (C=O) groups excluding carboxylic acids is 1. The molecule has 73 valence electrons. The molecule has 1 radical (unpaired) electrons. The third-order valence-electron chi connectivity index (χ3n) is 1.18. The Morgan fingerprint density at radius 2 is 1.46 bits per heavy atom. The number of ketones is 1. The molecule has 0 unspecified atom stereocenters. The zero-order valence-electron chi connectivity index (χ0n) is 8.15. The normalized spacial score (nSPS) is 6.23. The van der Waals surface area contributed by atoms with E-state index in [0.717, 1.165) is 5.56 Å². The summed E-state index contributed by atoms with van der Waals surface area (Å²) in [4.78, 5) is 10.6. The van der Waals surface area contributed by atoms with Gasteiger partial charge in [0.25, 0.3) is 0 Å². The third kappa shape index (κ3) is 8.49. The van der Waals surface area contributed by atoms with Crippen LogP contribution in [0.3, 0.4) is 0 Å². The Hall–Kier alpha value is 0.163. The number of Topliss-reactive ketones (excluding diaryl/α,β-unsaturated/α-hetero) is 1. The third-order valence-corrected chi connectivity index (χ3v) is 1.18. The first kappa shape index (κ1) is 23.2. The van der Waals surface area contributed by atoms with Crippen molar-refractivity contribution in [2.75, 3.05) is 0 Å². The van der Waals surface area contributed by atoms with Crippen LogP contribution in [0.25, 0.3) is 0 Å². The van der Waals surface area contributed by atoms with Crippen molar-refractivity contribution in [3.05, 3.63) is 50.7 Å². The molecule has 1 nitrogen and oxygen atoms in total. The largest absolute Gasteiger partial charge is 0.358 e. The van der Waals surface area contributed by atoms with E-state index in [1.807, 2.05) is 30.3 Å². The van der Waals surface area contributed by atoms with E-state index in [1.54, 1.807) is 6.92 Å². The van der Waals surface area contributed by atoms with Gasteiger partial charge < -0.3 is 14.9 Å². The Morgan fingerprint density at radius 1 is 1.08 bits per heavy atom. The van der Waals surface area contributed by atoms with Gasteiger partial charge in [0.15, 0.2) is 5.78 Å². The van der Waals surface area contributed by atoms with Gasteiger partial charge in [-0.2, -0.15) is 0 Å². The molecule has 0 fully saturated rings. The maximum Gasteiger partial charge on any atom is 0.159 e. The molecule has 0 atom stereocenters. The smallest absolute Gasteiger partial charge is 0.159 e. The van der Waals surface area contributed by atoms with E-state index >= 15 is 0 Å². The Labute approximate surface area is 107 Å². The van der Waals surface area contributed by atoms with E-state index in [0.29, 0.717) is 0 Å². The Balaban J connectivity index is -0.000000101. The van der Waals surface area contributed by atoms with Gasteiger partial charge in [0, 0.05) is 45.2 Å². The van der Waals surface area contributed by atoms with Crippen molar-refractivity contribution in [3.8, 4) is 0 Å². The molecular formula is C10H14OVW-2. The summed E-state index contributed by atoms with van der Waals surface area (Å²) >= 11 is 0. The fourth-order valence-electron chi connectivity index (χ4n) is 0.673. The topological polar surface area (TPSA) is 17.1 Å². The summed E-state index contributed by atoms with van der Waals surface area (Å²) < 4.78 is 0. The summed E-state index contributed by atoms with van der Waals surface area (Å²) in [6.07, 6.45) is 0. The van der Waals surface area contributed by atoms with Gasteiger partial charge in [-0.3, -0.25) is 4.79 Å². The number of hydrogen-bond acceptors (Lipinski definition) is 1. The van der Waals surface area contributed by atoms with Crippen LogP contribution < -0.4 is 0 Å². The average Bonchev–Trinajstić information content (AvgIpc) is 1.90. The van der Waals surface area contributed by atoms with Crippen LogP contribution in [0.5, 0.6) is 0 Å². The second-order valence-electron chi connectivity index (χ2n) is 1.92. The molecule has 0 N–H and O–H groups in total. The van der Waals surface area contributed by atoms with E-state index in [9.17, 15) is 4.79 Å². The van der Waals surface area contributed by atoms with Crippen molar-refractivity contribution in [2.24, 2.45) is 0 Å². The molecule has 1 aromatic rings. The van der Waals surface area contributed by atoms with Gasteiger partial charge in [-0.05, 0) is 6.92 Å². The van der Waals surface area contributed by atoms with Gasteiger partial charge in [-0.25, -0.2) is 0 Å². The van der Waals surface area contributed by atoms with Crippen molar-refractivity contribution in [1.29, 1.82) is 0 Å². The van der Waals surface area contributed by atoms with Gasteiger partial charge in [-0.15, -0.1) is 0 Å². The van der Waals surface area contributed by atoms with Crippen LogP contribution in [0.2, 0.25) is 0 Å². The molecule has 0 saturated carbocycles. The Bertz CT molecular complexity index is 211. The van der Waals surface area contributed by atoms with E-state index in [2.05, 4.69) is 0 Å². The minimum Gasteiger partial charge on any atom is -0.358 e. The van der Waals surface area contributed by atoms with E-state index in [4.69, 9.17) is 0 Å². The number of hydrogen-bond donors (Lipinski definition) is 0.